The molecule has 0 aliphatic carbocycles. The predicted octanol–water partition coefficient (Wildman–Crippen LogP) is 4.72. The Morgan fingerprint density at radius 2 is 2.00 bits per heavy atom. The number of anilines is 1. The fraction of sp³-hybridized carbons (Fsp3) is 0.261. The van der Waals surface area contributed by atoms with Crippen LogP contribution in [-0.2, 0) is 11.2 Å². The minimum Gasteiger partial charge on any atom is -0.493 e. The largest absolute Gasteiger partial charge is 0.493 e. The van der Waals surface area contributed by atoms with Crippen molar-refractivity contribution in [2.24, 2.45) is 0 Å². The van der Waals surface area contributed by atoms with Gasteiger partial charge in [0.15, 0.2) is 0 Å². The first-order valence-corrected chi connectivity index (χ1v) is 9.33. The van der Waals surface area contributed by atoms with Crippen molar-refractivity contribution in [1.82, 2.24) is 4.98 Å². The number of rotatable bonds is 7. The summed E-state index contributed by atoms with van der Waals surface area (Å²) in [7, 11) is 0. The van der Waals surface area contributed by atoms with Crippen LogP contribution in [0, 0.1) is 25.2 Å². The Labute approximate surface area is 165 Å². The molecular formula is C23H23N3O2. The molecule has 0 saturated heterocycles. The van der Waals surface area contributed by atoms with E-state index in [2.05, 4.69) is 16.4 Å². The molecule has 0 radical (unpaired) electrons. The quantitative estimate of drug-likeness (QED) is 0.608. The van der Waals surface area contributed by atoms with E-state index in [0.717, 1.165) is 27.7 Å². The second-order valence-corrected chi connectivity index (χ2v) is 6.68. The number of unbranched alkanes of at least 4 members (excludes halogenated alkanes) is 1. The zero-order valence-electron chi connectivity index (χ0n) is 16.2. The van der Waals surface area contributed by atoms with Gasteiger partial charge < -0.3 is 10.1 Å². The summed E-state index contributed by atoms with van der Waals surface area (Å²) in [5.74, 6) is 0.584. The van der Waals surface area contributed by atoms with Crippen molar-refractivity contribution in [3.63, 3.8) is 0 Å². The van der Waals surface area contributed by atoms with Gasteiger partial charge in [0.25, 0.3) is 0 Å². The first kappa shape index (κ1) is 19.4. The van der Waals surface area contributed by atoms with Gasteiger partial charge in [-0.25, -0.2) is 0 Å². The fourth-order valence-electron chi connectivity index (χ4n) is 3.20. The molecular weight excluding hydrogens is 350 g/mol. The van der Waals surface area contributed by atoms with Gasteiger partial charge in [-0.1, -0.05) is 24.3 Å². The first-order valence-electron chi connectivity index (χ1n) is 9.33. The first-order chi connectivity index (χ1) is 13.6. The van der Waals surface area contributed by atoms with Crippen LogP contribution in [-0.4, -0.2) is 17.5 Å². The third kappa shape index (κ3) is 4.66. The monoisotopic (exact) mass is 373 g/mol. The number of nitrogens with zero attached hydrogens (tertiary/aromatic N) is 2. The third-order valence-corrected chi connectivity index (χ3v) is 4.64. The van der Waals surface area contributed by atoms with Gasteiger partial charge in [0, 0.05) is 29.3 Å². The Kier molecular flexibility index (Phi) is 6.23. The van der Waals surface area contributed by atoms with Crippen LogP contribution in [0.25, 0.3) is 10.9 Å². The van der Waals surface area contributed by atoms with E-state index in [0.29, 0.717) is 30.9 Å². The molecule has 3 rings (SSSR count). The molecule has 1 amide bonds. The standard InChI is InChI=1S/C23H23N3O2/c1-16-20-10-3-4-11-22(20)25-17(2)21(16)15-23(27)26-18-8-7-9-19(14-18)28-13-6-5-12-24/h3-4,7-11,14H,5-6,13,15H2,1-2H3,(H,26,27). The molecule has 0 bridgehead atoms. The van der Waals surface area contributed by atoms with E-state index in [1.54, 1.807) is 6.07 Å². The van der Waals surface area contributed by atoms with E-state index in [9.17, 15) is 4.79 Å². The van der Waals surface area contributed by atoms with E-state index < -0.39 is 0 Å². The number of hydrogen-bond acceptors (Lipinski definition) is 4. The number of fused-ring (bicyclic) bond motifs is 1. The van der Waals surface area contributed by atoms with E-state index in [4.69, 9.17) is 10.00 Å². The van der Waals surface area contributed by atoms with Gasteiger partial charge in [-0.2, -0.15) is 5.26 Å². The number of hydrogen-bond donors (Lipinski definition) is 1. The van der Waals surface area contributed by atoms with Gasteiger partial charge in [0.2, 0.25) is 5.91 Å². The van der Waals surface area contributed by atoms with Crippen LogP contribution < -0.4 is 10.1 Å². The molecule has 1 N–H and O–H groups in total. The number of amides is 1. The van der Waals surface area contributed by atoms with Gasteiger partial charge in [0.1, 0.15) is 5.75 Å². The highest BCUT2D eigenvalue weighted by Gasteiger charge is 2.13. The Hall–Kier alpha value is -3.39. The Morgan fingerprint density at radius 1 is 1.18 bits per heavy atom. The van der Waals surface area contributed by atoms with E-state index in [-0.39, 0.29) is 12.3 Å². The maximum absolute atomic E-state index is 12.6. The summed E-state index contributed by atoms with van der Waals surface area (Å²) >= 11 is 0. The van der Waals surface area contributed by atoms with Crippen molar-refractivity contribution in [1.29, 1.82) is 5.26 Å². The molecule has 2 aromatic carbocycles. The van der Waals surface area contributed by atoms with Crippen LogP contribution in [0.4, 0.5) is 5.69 Å². The van der Waals surface area contributed by atoms with Gasteiger partial charge in [-0.05, 0) is 49.6 Å². The molecule has 0 aliphatic heterocycles. The molecule has 3 aromatic rings. The summed E-state index contributed by atoms with van der Waals surface area (Å²) in [6, 6.07) is 17.4. The molecule has 0 fully saturated rings. The Balaban J connectivity index is 1.69. The average Bonchev–Trinajstić information content (AvgIpc) is 2.69. The lowest BCUT2D eigenvalue weighted by atomic mass is 9.99. The maximum Gasteiger partial charge on any atom is 0.228 e. The van der Waals surface area contributed by atoms with Crippen molar-refractivity contribution < 1.29 is 9.53 Å². The van der Waals surface area contributed by atoms with Gasteiger partial charge >= 0.3 is 0 Å². The van der Waals surface area contributed by atoms with Crippen molar-refractivity contribution in [3.8, 4) is 11.8 Å². The predicted molar refractivity (Wildman–Crippen MR) is 110 cm³/mol. The van der Waals surface area contributed by atoms with E-state index >= 15 is 0 Å². The third-order valence-electron chi connectivity index (χ3n) is 4.64. The lowest BCUT2D eigenvalue weighted by Gasteiger charge is -2.13. The van der Waals surface area contributed by atoms with Crippen LogP contribution in [0.1, 0.15) is 29.7 Å². The molecule has 142 valence electrons. The van der Waals surface area contributed by atoms with E-state index in [1.807, 2.05) is 56.3 Å². The summed E-state index contributed by atoms with van der Waals surface area (Å²) in [6.45, 7) is 4.46. The summed E-state index contributed by atoms with van der Waals surface area (Å²) in [5, 5.41) is 12.6. The average molecular weight is 373 g/mol. The molecule has 1 heterocycles. The number of pyridine rings is 1. The maximum atomic E-state index is 12.6. The van der Waals surface area contributed by atoms with Crippen LogP contribution in [0.3, 0.4) is 0 Å². The summed E-state index contributed by atoms with van der Waals surface area (Å²) in [4.78, 5) is 17.3. The highest BCUT2D eigenvalue weighted by molar-refractivity contribution is 5.94. The molecule has 5 nitrogen and oxygen atoms in total. The SMILES string of the molecule is Cc1nc2ccccc2c(C)c1CC(=O)Nc1cccc(OCCCC#N)c1. The minimum absolute atomic E-state index is 0.0927. The Morgan fingerprint density at radius 3 is 2.82 bits per heavy atom. The highest BCUT2D eigenvalue weighted by Crippen LogP contribution is 2.24. The van der Waals surface area contributed by atoms with Crippen LogP contribution in [0.15, 0.2) is 48.5 Å². The molecule has 0 unspecified atom stereocenters. The lowest BCUT2D eigenvalue weighted by Crippen LogP contribution is -2.16. The number of ether oxygens (including phenoxy) is 1. The van der Waals surface area contributed by atoms with Gasteiger partial charge in [-0.3, -0.25) is 9.78 Å². The van der Waals surface area contributed by atoms with Crippen molar-refractivity contribution >= 4 is 22.5 Å². The molecule has 0 spiro atoms. The number of benzene rings is 2. The normalized spacial score (nSPS) is 10.5. The van der Waals surface area contributed by atoms with Crippen molar-refractivity contribution in [3.05, 3.63) is 65.4 Å². The number of carbonyl (C=O) groups is 1. The van der Waals surface area contributed by atoms with Crippen LogP contribution in [0.2, 0.25) is 0 Å². The van der Waals surface area contributed by atoms with Gasteiger partial charge in [-0.15, -0.1) is 0 Å². The summed E-state index contributed by atoms with van der Waals surface area (Å²) in [6.07, 6.45) is 1.41. The summed E-state index contributed by atoms with van der Waals surface area (Å²) in [5.41, 5.74) is 4.56. The van der Waals surface area contributed by atoms with Crippen LogP contribution >= 0.6 is 0 Å². The van der Waals surface area contributed by atoms with E-state index in [1.165, 1.54) is 0 Å². The molecule has 1 aromatic heterocycles. The zero-order chi connectivity index (χ0) is 19.9. The molecule has 28 heavy (non-hydrogen) atoms. The molecule has 5 heteroatoms. The number of nitrogens with one attached hydrogen (secondary N) is 1. The smallest absolute Gasteiger partial charge is 0.228 e. The number of aromatic nitrogens is 1. The second-order valence-electron chi connectivity index (χ2n) is 6.68. The fourth-order valence-corrected chi connectivity index (χ4v) is 3.20. The van der Waals surface area contributed by atoms with Gasteiger partial charge in [0.05, 0.1) is 24.6 Å². The topological polar surface area (TPSA) is 75.0 Å². The number of aryl methyl sites for hydroxylation is 2. The number of nitriles is 1. The number of para-hydroxylation sites is 1. The lowest BCUT2D eigenvalue weighted by molar-refractivity contribution is -0.115. The molecule has 0 aliphatic rings. The van der Waals surface area contributed by atoms with Crippen molar-refractivity contribution in [2.75, 3.05) is 11.9 Å². The minimum atomic E-state index is -0.0927. The zero-order valence-corrected chi connectivity index (χ0v) is 16.2. The van der Waals surface area contributed by atoms with Crippen molar-refractivity contribution in [2.45, 2.75) is 33.1 Å². The Bertz CT molecular complexity index is 1040. The van der Waals surface area contributed by atoms with Crippen LogP contribution in [0.5, 0.6) is 5.75 Å². The molecule has 0 saturated carbocycles. The number of carbonyl (C=O) groups excluding carboxylic acids is 1. The molecule has 0 atom stereocenters. The summed E-state index contributed by atoms with van der Waals surface area (Å²) < 4.78 is 5.62. The highest BCUT2D eigenvalue weighted by atomic mass is 16.5. The second kappa shape index (κ2) is 9.01.